The van der Waals surface area contributed by atoms with Crippen molar-refractivity contribution < 1.29 is 14.7 Å². The Kier molecular flexibility index (Phi) is 5.40. The van der Waals surface area contributed by atoms with E-state index >= 15 is 0 Å². The lowest BCUT2D eigenvalue weighted by Crippen LogP contribution is -2.46. The summed E-state index contributed by atoms with van der Waals surface area (Å²) in [6.45, 7) is 5.99. The van der Waals surface area contributed by atoms with Crippen molar-refractivity contribution in [2.45, 2.75) is 39.0 Å². The average Bonchev–Trinajstić information content (AvgIpc) is 2.48. The molecule has 2 fully saturated rings. The number of piperidine rings is 2. The summed E-state index contributed by atoms with van der Waals surface area (Å²) in [6.07, 6.45) is 4.83. The van der Waals surface area contributed by atoms with Gasteiger partial charge in [0.25, 0.3) is 0 Å². The van der Waals surface area contributed by atoms with Gasteiger partial charge in [-0.25, -0.2) is 0 Å². The SMILES string of the molecule is CCC1CCN(CC(=O)N2CCC(C(=O)O)CC2)CC1. The van der Waals surface area contributed by atoms with E-state index in [2.05, 4.69) is 11.8 Å². The summed E-state index contributed by atoms with van der Waals surface area (Å²) in [7, 11) is 0. The zero-order chi connectivity index (χ0) is 14.5. The standard InChI is InChI=1S/C15H26N2O3/c1-2-12-3-7-16(8-4-12)11-14(18)17-9-5-13(6-10-17)15(19)20/h12-13H,2-11H2,1H3,(H,19,20). The number of carboxylic acids is 1. The number of amides is 1. The van der Waals surface area contributed by atoms with Crippen LogP contribution in [0.25, 0.3) is 0 Å². The second-order valence-corrected chi connectivity index (χ2v) is 6.12. The monoisotopic (exact) mass is 282 g/mol. The van der Waals surface area contributed by atoms with Gasteiger partial charge in [0, 0.05) is 13.1 Å². The first-order valence-electron chi connectivity index (χ1n) is 7.83. The molecule has 1 amide bonds. The van der Waals surface area contributed by atoms with Gasteiger partial charge in [0.2, 0.25) is 5.91 Å². The summed E-state index contributed by atoms with van der Waals surface area (Å²) in [5.41, 5.74) is 0. The van der Waals surface area contributed by atoms with Crippen molar-refractivity contribution in [1.29, 1.82) is 0 Å². The van der Waals surface area contributed by atoms with E-state index in [1.54, 1.807) is 0 Å². The molecule has 0 saturated carbocycles. The Morgan fingerprint density at radius 3 is 2.15 bits per heavy atom. The van der Waals surface area contributed by atoms with E-state index in [0.717, 1.165) is 19.0 Å². The van der Waals surface area contributed by atoms with Gasteiger partial charge in [-0.3, -0.25) is 14.5 Å². The fraction of sp³-hybridized carbons (Fsp3) is 0.867. The van der Waals surface area contributed by atoms with Crippen molar-refractivity contribution in [1.82, 2.24) is 9.80 Å². The van der Waals surface area contributed by atoms with E-state index in [0.29, 0.717) is 32.5 Å². The van der Waals surface area contributed by atoms with Gasteiger partial charge in [-0.15, -0.1) is 0 Å². The van der Waals surface area contributed by atoms with E-state index in [1.807, 2.05) is 4.90 Å². The summed E-state index contributed by atoms with van der Waals surface area (Å²) in [6, 6.07) is 0. The molecule has 114 valence electrons. The number of hydrogen-bond acceptors (Lipinski definition) is 3. The number of carboxylic acid groups (broad SMARTS) is 1. The fourth-order valence-corrected chi connectivity index (χ4v) is 3.22. The van der Waals surface area contributed by atoms with E-state index in [9.17, 15) is 9.59 Å². The average molecular weight is 282 g/mol. The van der Waals surface area contributed by atoms with Gasteiger partial charge < -0.3 is 10.0 Å². The van der Waals surface area contributed by atoms with E-state index in [4.69, 9.17) is 5.11 Å². The topological polar surface area (TPSA) is 60.9 Å². The molecule has 0 aromatic heterocycles. The third-order valence-corrected chi connectivity index (χ3v) is 4.84. The van der Waals surface area contributed by atoms with Gasteiger partial charge >= 0.3 is 5.97 Å². The first-order chi connectivity index (χ1) is 9.60. The number of rotatable bonds is 4. The lowest BCUT2D eigenvalue weighted by atomic mass is 9.94. The quantitative estimate of drug-likeness (QED) is 0.847. The van der Waals surface area contributed by atoms with Gasteiger partial charge in [-0.05, 0) is 44.7 Å². The minimum absolute atomic E-state index is 0.170. The minimum Gasteiger partial charge on any atom is -0.481 e. The zero-order valence-electron chi connectivity index (χ0n) is 12.4. The Labute approximate surface area is 120 Å². The van der Waals surface area contributed by atoms with Crippen molar-refractivity contribution in [3.8, 4) is 0 Å². The maximum atomic E-state index is 12.2. The molecule has 0 aliphatic carbocycles. The van der Waals surface area contributed by atoms with E-state index in [-0.39, 0.29) is 11.8 Å². The Balaban J connectivity index is 1.72. The summed E-state index contributed by atoms with van der Waals surface area (Å²) >= 11 is 0. The zero-order valence-corrected chi connectivity index (χ0v) is 12.4. The molecule has 5 nitrogen and oxygen atoms in total. The summed E-state index contributed by atoms with van der Waals surface area (Å²) in [5, 5.41) is 8.96. The summed E-state index contributed by atoms with van der Waals surface area (Å²) in [4.78, 5) is 27.2. The molecule has 2 heterocycles. The van der Waals surface area contributed by atoms with Crippen LogP contribution in [0.2, 0.25) is 0 Å². The molecular weight excluding hydrogens is 256 g/mol. The molecule has 0 unspecified atom stereocenters. The van der Waals surface area contributed by atoms with Crippen LogP contribution in [0.1, 0.15) is 39.0 Å². The van der Waals surface area contributed by atoms with Crippen molar-refractivity contribution in [2.75, 3.05) is 32.7 Å². The van der Waals surface area contributed by atoms with Crippen LogP contribution in [-0.2, 0) is 9.59 Å². The number of aliphatic carboxylic acids is 1. The predicted molar refractivity (Wildman–Crippen MR) is 76.4 cm³/mol. The highest BCUT2D eigenvalue weighted by molar-refractivity contribution is 5.79. The van der Waals surface area contributed by atoms with Gasteiger partial charge in [0.15, 0.2) is 0 Å². The number of carbonyl (C=O) groups is 2. The van der Waals surface area contributed by atoms with Crippen molar-refractivity contribution in [3.63, 3.8) is 0 Å². The molecule has 0 radical (unpaired) electrons. The Hall–Kier alpha value is -1.10. The van der Waals surface area contributed by atoms with Crippen molar-refractivity contribution in [2.24, 2.45) is 11.8 Å². The van der Waals surface area contributed by atoms with Gasteiger partial charge in [0.1, 0.15) is 0 Å². The maximum Gasteiger partial charge on any atom is 0.306 e. The molecule has 20 heavy (non-hydrogen) atoms. The van der Waals surface area contributed by atoms with Crippen LogP contribution in [0.5, 0.6) is 0 Å². The van der Waals surface area contributed by atoms with Crippen LogP contribution in [-0.4, -0.2) is 59.5 Å². The van der Waals surface area contributed by atoms with Gasteiger partial charge in [-0.2, -0.15) is 0 Å². The first kappa shape index (κ1) is 15.3. The maximum absolute atomic E-state index is 12.2. The molecule has 2 aliphatic rings. The number of likely N-dealkylation sites (tertiary alicyclic amines) is 2. The number of nitrogens with zero attached hydrogens (tertiary/aromatic N) is 2. The lowest BCUT2D eigenvalue weighted by Gasteiger charge is -2.34. The van der Waals surface area contributed by atoms with Crippen LogP contribution in [0.15, 0.2) is 0 Å². The Morgan fingerprint density at radius 1 is 1.05 bits per heavy atom. The van der Waals surface area contributed by atoms with Crippen LogP contribution >= 0.6 is 0 Å². The highest BCUT2D eigenvalue weighted by atomic mass is 16.4. The molecule has 2 saturated heterocycles. The number of hydrogen-bond donors (Lipinski definition) is 1. The summed E-state index contributed by atoms with van der Waals surface area (Å²) in [5.74, 6) is 0.00883. The van der Waals surface area contributed by atoms with Crippen LogP contribution in [0.3, 0.4) is 0 Å². The van der Waals surface area contributed by atoms with E-state index in [1.165, 1.54) is 19.3 Å². The van der Waals surface area contributed by atoms with Crippen LogP contribution < -0.4 is 0 Å². The Morgan fingerprint density at radius 2 is 1.65 bits per heavy atom. The second-order valence-electron chi connectivity index (χ2n) is 6.12. The fourth-order valence-electron chi connectivity index (χ4n) is 3.22. The molecule has 2 rings (SSSR count). The minimum atomic E-state index is -0.723. The molecule has 1 N–H and O–H groups in total. The van der Waals surface area contributed by atoms with Gasteiger partial charge in [-0.1, -0.05) is 13.3 Å². The highest BCUT2D eigenvalue weighted by Gasteiger charge is 2.28. The van der Waals surface area contributed by atoms with E-state index < -0.39 is 5.97 Å². The molecule has 0 aromatic rings. The molecular formula is C15H26N2O3. The number of carbonyl (C=O) groups excluding carboxylic acids is 1. The molecule has 0 aromatic carbocycles. The second kappa shape index (κ2) is 7.07. The smallest absolute Gasteiger partial charge is 0.306 e. The molecule has 0 bridgehead atoms. The van der Waals surface area contributed by atoms with Gasteiger partial charge in [0.05, 0.1) is 12.5 Å². The molecule has 2 aliphatic heterocycles. The highest BCUT2D eigenvalue weighted by Crippen LogP contribution is 2.21. The Bertz CT molecular complexity index is 343. The first-order valence-corrected chi connectivity index (χ1v) is 7.83. The molecule has 5 heteroatoms. The lowest BCUT2D eigenvalue weighted by molar-refractivity contribution is -0.146. The normalized spacial score (nSPS) is 22.9. The summed E-state index contributed by atoms with van der Waals surface area (Å²) < 4.78 is 0. The largest absolute Gasteiger partial charge is 0.481 e. The van der Waals surface area contributed by atoms with Crippen molar-refractivity contribution >= 4 is 11.9 Å². The van der Waals surface area contributed by atoms with Crippen molar-refractivity contribution in [3.05, 3.63) is 0 Å². The molecule has 0 atom stereocenters. The molecule has 0 spiro atoms. The third kappa shape index (κ3) is 3.95. The predicted octanol–water partition coefficient (Wildman–Crippen LogP) is 1.43. The third-order valence-electron chi connectivity index (χ3n) is 4.84. The van der Waals surface area contributed by atoms with Crippen LogP contribution in [0, 0.1) is 11.8 Å². The van der Waals surface area contributed by atoms with Crippen LogP contribution in [0.4, 0.5) is 0 Å².